The summed E-state index contributed by atoms with van der Waals surface area (Å²) in [6.45, 7) is 2.06. The largest absolute Gasteiger partial charge is 0 e. The molecule has 0 fully saturated rings. The molecule has 0 aromatic rings. The molecule has 0 aromatic carbocycles. The van der Waals surface area contributed by atoms with Gasteiger partial charge in [0.05, 0.1) is 0 Å². The van der Waals surface area contributed by atoms with Gasteiger partial charge in [0.1, 0.15) is 0 Å². The van der Waals surface area contributed by atoms with Gasteiger partial charge in [-0.05, 0) is 0 Å². The Morgan fingerprint density at radius 3 is 2.20 bits per heavy atom. The number of hydrogen-bond acceptors (Lipinski definition) is 0. The average Bonchev–Trinajstić information content (AvgIpc) is 2.20. The van der Waals surface area contributed by atoms with Crippen molar-refractivity contribution >= 4 is 37.2 Å². The molecule has 1 rings (SSSR count). The van der Waals surface area contributed by atoms with E-state index in [9.17, 15) is 0 Å². The van der Waals surface area contributed by atoms with Gasteiger partial charge < -0.3 is 0 Å². The molecular weight excluding hydrogens is 501 g/mol. The average molecular weight is 508 g/mol. The van der Waals surface area contributed by atoms with Crippen LogP contribution in [0.3, 0.4) is 0 Å². The van der Waals surface area contributed by atoms with Crippen LogP contribution < -0.4 is 13.3 Å². The standard InChI is InChI=1S/C6H7.I3.Ti/c1-6-4-2-3-5-6;1-3-2;/h2,4H,3H2,1H3;;/q2*-1;. The minimum Gasteiger partial charge on any atom is 0 e. The number of allylic oxidation sites excluding steroid dienone is 4. The molecule has 1 aliphatic rings. The SMILES string of the molecule is CC1=[C-]CC=C1.I[I-]I.[Ti]. The molecule has 0 radical (unpaired) electrons. The Labute approximate surface area is 107 Å². The van der Waals surface area contributed by atoms with Crippen molar-refractivity contribution in [2.75, 3.05) is 0 Å². The molecule has 0 aromatic heterocycles. The summed E-state index contributed by atoms with van der Waals surface area (Å²) in [5.74, 6) is 0. The van der Waals surface area contributed by atoms with E-state index in [0.717, 1.165) is 6.42 Å². The fourth-order valence-electron chi connectivity index (χ4n) is 0.515. The Morgan fingerprint density at radius 2 is 2.10 bits per heavy atom. The second-order valence-corrected chi connectivity index (χ2v) is 17.8. The molecule has 0 unspecified atom stereocenters. The van der Waals surface area contributed by atoms with E-state index in [1.165, 1.54) is 5.57 Å². The van der Waals surface area contributed by atoms with Crippen molar-refractivity contribution in [2.45, 2.75) is 13.3 Å². The zero-order valence-corrected chi connectivity index (χ0v) is 13.5. The second kappa shape index (κ2) is 11.4. The first-order chi connectivity index (χ1) is 4.31. The van der Waals surface area contributed by atoms with Crippen molar-refractivity contribution in [1.29, 1.82) is 0 Å². The van der Waals surface area contributed by atoms with Crippen LogP contribution in [0.5, 0.6) is 0 Å². The van der Waals surface area contributed by atoms with E-state index in [0.29, 0.717) is 13.3 Å². The first kappa shape index (κ1) is 14.9. The summed E-state index contributed by atoms with van der Waals surface area (Å²) in [7, 11) is 0. The molecule has 1 aliphatic carbocycles. The molecule has 0 aliphatic heterocycles. The van der Waals surface area contributed by atoms with Crippen LogP contribution in [-0.2, 0) is 21.7 Å². The van der Waals surface area contributed by atoms with Crippen molar-refractivity contribution < 1.29 is 35.0 Å². The van der Waals surface area contributed by atoms with Crippen LogP contribution >= 0.6 is 37.2 Å². The molecular formula is C6H7I3Ti-2. The van der Waals surface area contributed by atoms with Gasteiger partial charge in [-0.2, -0.15) is 6.08 Å². The molecule has 0 N–H and O–H groups in total. The van der Waals surface area contributed by atoms with Gasteiger partial charge in [0.15, 0.2) is 0 Å². The van der Waals surface area contributed by atoms with E-state index >= 15 is 0 Å². The Hall–Kier alpha value is 2.38. The van der Waals surface area contributed by atoms with Gasteiger partial charge in [-0.25, -0.2) is 11.6 Å². The fourth-order valence-corrected chi connectivity index (χ4v) is 0.515. The first-order valence-corrected chi connectivity index (χ1v) is 15.0. The summed E-state index contributed by atoms with van der Waals surface area (Å²) in [4.78, 5) is 0. The van der Waals surface area contributed by atoms with Gasteiger partial charge in [0.2, 0.25) is 0 Å². The van der Waals surface area contributed by atoms with Crippen molar-refractivity contribution in [1.82, 2.24) is 0 Å². The number of hydrogen-bond donors (Lipinski definition) is 0. The monoisotopic (exact) mass is 508 g/mol. The first-order valence-electron chi connectivity index (χ1n) is 2.42. The van der Waals surface area contributed by atoms with Crippen molar-refractivity contribution in [3.63, 3.8) is 0 Å². The maximum atomic E-state index is 3.12. The normalized spacial score (nSPS) is 13.3. The van der Waals surface area contributed by atoms with Crippen LogP contribution in [-0.4, -0.2) is 0 Å². The molecule has 0 atom stereocenters. The predicted octanol–water partition coefficient (Wildman–Crippen LogP) is 0.469. The number of rotatable bonds is 0. The smallest absolute Gasteiger partial charge is 0 e. The van der Waals surface area contributed by atoms with Crippen LogP contribution in [0.4, 0.5) is 0 Å². The molecule has 0 heterocycles. The van der Waals surface area contributed by atoms with Crippen molar-refractivity contribution in [2.24, 2.45) is 0 Å². The number of halogens is 3. The van der Waals surface area contributed by atoms with Crippen molar-refractivity contribution in [3.05, 3.63) is 23.8 Å². The van der Waals surface area contributed by atoms with E-state index < -0.39 is 0 Å². The Bertz CT molecular complexity index is 117. The van der Waals surface area contributed by atoms with E-state index in [-0.39, 0.29) is 21.7 Å². The topological polar surface area (TPSA) is 0 Å². The predicted molar refractivity (Wildman–Crippen MR) is 54.2 cm³/mol. The second-order valence-electron chi connectivity index (χ2n) is 1.52. The van der Waals surface area contributed by atoms with Crippen LogP contribution in [0.25, 0.3) is 0 Å². The van der Waals surface area contributed by atoms with E-state index in [1.54, 1.807) is 0 Å². The van der Waals surface area contributed by atoms with Crippen LogP contribution in [0.1, 0.15) is 13.3 Å². The Balaban J connectivity index is 0. The maximum absolute atomic E-state index is 3.12. The quantitative estimate of drug-likeness (QED) is 0.254. The molecule has 0 nitrogen and oxygen atoms in total. The van der Waals surface area contributed by atoms with E-state index in [1.807, 2.05) is 0 Å². The Kier molecular flexibility index (Phi) is 16.9. The van der Waals surface area contributed by atoms with Crippen LogP contribution in [0.2, 0.25) is 0 Å². The molecule has 0 saturated carbocycles. The van der Waals surface area contributed by atoms with Gasteiger partial charge in [-0.15, -0.1) is 6.42 Å². The summed E-state index contributed by atoms with van der Waals surface area (Å²) >= 11 is 5.30. The molecule has 0 saturated heterocycles. The molecule has 0 spiro atoms. The molecule has 10 heavy (non-hydrogen) atoms. The van der Waals surface area contributed by atoms with Gasteiger partial charge >= 0.3 is 50.5 Å². The minimum atomic E-state index is 0. The zero-order chi connectivity index (χ0) is 7.11. The maximum Gasteiger partial charge on any atom is 0 e. The van der Waals surface area contributed by atoms with E-state index in [2.05, 4.69) is 62.4 Å². The Morgan fingerprint density at radius 1 is 1.60 bits per heavy atom. The summed E-state index contributed by atoms with van der Waals surface area (Å²) in [5.41, 5.74) is 1.27. The van der Waals surface area contributed by atoms with Gasteiger partial charge in [-0.3, -0.25) is 6.08 Å². The summed E-state index contributed by atoms with van der Waals surface area (Å²) in [6, 6.07) is 0. The summed E-state index contributed by atoms with van der Waals surface area (Å²) in [5, 5.41) is 0. The van der Waals surface area contributed by atoms with Crippen molar-refractivity contribution in [3.8, 4) is 0 Å². The van der Waals surface area contributed by atoms with Gasteiger partial charge in [0, 0.05) is 21.7 Å². The van der Waals surface area contributed by atoms with Gasteiger partial charge in [0.25, 0.3) is 0 Å². The third-order valence-corrected chi connectivity index (χ3v) is 0.867. The third-order valence-electron chi connectivity index (χ3n) is 0.867. The molecule has 0 amide bonds. The third kappa shape index (κ3) is 10.4. The van der Waals surface area contributed by atoms with Crippen LogP contribution in [0.15, 0.2) is 17.7 Å². The summed E-state index contributed by atoms with van der Waals surface area (Å²) in [6.07, 6.45) is 8.33. The minimum absolute atomic E-state index is 0. The molecule has 0 bridgehead atoms. The molecule has 4 heteroatoms. The summed E-state index contributed by atoms with van der Waals surface area (Å²) < 4.78 is 0. The molecule has 58 valence electrons. The van der Waals surface area contributed by atoms with Gasteiger partial charge in [-0.1, -0.05) is 6.92 Å². The van der Waals surface area contributed by atoms with Crippen LogP contribution in [0, 0.1) is 6.08 Å². The van der Waals surface area contributed by atoms with E-state index in [4.69, 9.17) is 0 Å². The fraction of sp³-hybridized carbons (Fsp3) is 0.333. The zero-order valence-electron chi connectivity index (χ0n) is 5.50.